The molecule has 1 aliphatic rings. The summed E-state index contributed by atoms with van der Waals surface area (Å²) in [6, 6.07) is 2.07. The number of anilines is 1. The first-order valence-electron chi connectivity index (χ1n) is 6.30. The Hall–Kier alpha value is -1.35. The maximum Gasteiger partial charge on any atom is 0.419 e. The van der Waals surface area contributed by atoms with Crippen LogP contribution in [0.5, 0.6) is 0 Å². The monoisotopic (exact) mass is 324 g/mol. The minimum atomic E-state index is -4.55. The molecule has 1 aromatic rings. The Morgan fingerprint density at radius 1 is 1.33 bits per heavy atom. The van der Waals surface area contributed by atoms with Crippen molar-refractivity contribution in [2.75, 3.05) is 23.4 Å². The topological polar surface area (TPSA) is 79.3 Å². The number of pyridine rings is 1. The lowest BCUT2D eigenvalue weighted by Gasteiger charge is -2.32. The molecule has 0 bridgehead atoms. The fourth-order valence-corrected chi connectivity index (χ4v) is 3.70. The molecule has 0 radical (unpaired) electrons. The van der Waals surface area contributed by atoms with Crippen molar-refractivity contribution in [2.45, 2.75) is 24.6 Å². The average molecular weight is 324 g/mol. The summed E-state index contributed by atoms with van der Waals surface area (Å²) in [5.74, 6) is -0.703. The van der Waals surface area contributed by atoms with Crippen LogP contribution in [0.4, 0.5) is 19.0 Å². The van der Waals surface area contributed by atoms with E-state index in [1.807, 2.05) is 0 Å². The molecule has 2 heterocycles. The van der Waals surface area contributed by atoms with Gasteiger partial charge in [0, 0.05) is 12.7 Å². The number of alkyl halides is 3. The number of aromatic nitrogens is 1. The Bertz CT molecular complexity index is 602. The predicted molar refractivity (Wildman–Crippen MR) is 70.6 cm³/mol. The second-order valence-corrected chi connectivity index (χ2v) is 7.43. The number of sulfone groups is 1. The molecule has 0 aliphatic carbocycles. The van der Waals surface area contributed by atoms with Crippen molar-refractivity contribution in [3.8, 4) is 0 Å². The van der Waals surface area contributed by atoms with Crippen LogP contribution in [0.1, 0.15) is 18.4 Å². The fourth-order valence-electron chi connectivity index (χ4n) is 2.12. The summed E-state index contributed by atoms with van der Waals surface area (Å²) in [6.07, 6.45) is -3.34. The van der Waals surface area contributed by atoms with Gasteiger partial charge in [0.15, 0.2) is 9.84 Å². The van der Waals surface area contributed by atoms with E-state index >= 15 is 0 Å². The van der Waals surface area contributed by atoms with Gasteiger partial charge in [0.05, 0.1) is 22.7 Å². The van der Waals surface area contributed by atoms with E-state index in [1.165, 1.54) is 12.3 Å². The Balaban J connectivity index is 2.07. The lowest BCUT2D eigenvalue weighted by molar-refractivity contribution is -0.137. The molecule has 1 aromatic heterocycles. The lowest BCUT2D eigenvalue weighted by atomic mass is 9.97. The molecule has 0 atom stereocenters. The van der Waals surface area contributed by atoms with Gasteiger partial charge in [0.25, 0.3) is 0 Å². The summed E-state index contributed by atoms with van der Waals surface area (Å²) in [6.45, 7) is -0.178. The highest BCUT2D eigenvalue weighted by Crippen LogP contribution is 2.34. The minimum absolute atomic E-state index is 0.00345. The smallest absolute Gasteiger partial charge is 0.388 e. The van der Waals surface area contributed by atoms with Crippen molar-refractivity contribution in [1.82, 2.24) is 4.98 Å². The van der Waals surface area contributed by atoms with Gasteiger partial charge in [-0.05, 0) is 25.0 Å². The van der Waals surface area contributed by atoms with Crippen molar-refractivity contribution in [2.24, 2.45) is 0 Å². The molecule has 9 heteroatoms. The lowest BCUT2D eigenvalue weighted by Crippen LogP contribution is -2.44. The SMILES string of the molecule is O=S1(=O)CCC(O)(CNc2ncccc2C(F)(F)F)CC1. The molecule has 21 heavy (non-hydrogen) atoms. The van der Waals surface area contributed by atoms with E-state index in [0.717, 1.165) is 6.07 Å². The van der Waals surface area contributed by atoms with Crippen LogP contribution in [-0.2, 0) is 16.0 Å². The van der Waals surface area contributed by atoms with E-state index < -0.39 is 27.2 Å². The van der Waals surface area contributed by atoms with Crippen molar-refractivity contribution < 1.29 is 26.7 Å². The Kier molecular flexibility index (Phi) is 4.16. The third kappa shape index (κ3) is 4.07. The molecule has 0 spiro atoms. The molecule has 0 amide bonds. The van der Waals surface area contributed by atoms with E-state index in [1.54, 1.807) is 0 Å². The van der Waals surface area contributed by atoms with Crippen molar-refractivity contribution in [3.05, 3.63) is 23.9 Å². The molecule has 0 aromatic carbocycles. The number of hydrogen-bond donors (Lipinski definition) is 2. The average Bonchev–Trinajstić information content (AvgIpc) is 2.40. The fraction of sp³-hybridized carbons (Fsp3) is 0.583. The summed E-state index contributed by atoms with van der Waals surface area (Å²) >= 11 is 0. The number of hydrogen-bond acceptors (Lipinski definition) is 5. The van der Waals surface area contributed by atoms with Crippen LogP contribution >= 0.6 is 0 Å². The summed E-state index contributed by atoms with van der Waals surface area (Å²) in [5, 5.41) is 12.7. The van der Waals surface area contributed by atoms with E-state index in [4.69, 9.17) is 0 Å². The van der Waals surface area contributed by atoms with Gasteiger partial charge < -0.3 is 10.4 Å². The number of nitrogens with zero attached hydrogens (tertiary/aromatic N) is 1. The number of nitrogens with one attached hydrogen (secondary N) is 1. The van der Waals surface area contributed by atoms with Crippen molar-refractivity contribution in [1.29, 1.82) is 0 Å². The van der Waals surface area contributed by atoms with Crippen molar-refractivity contribution >= 4 is 15.7 Å². The standard InChI is InChI=1S/C12H15F3N2O3S/c13-12(14,15)9-2-1-5-16-10(9)17-8-11(18)3-6-21(19,20)7-4-11/h1-2,5,18H,3-4,6-8H2,(H,16,17). The highest BCUT2D eigenvalue weighted by molar-refractivity contribution is 7.91. The van der Waals surface area contributed by atoms with Gasteiger partial charge in [0.2, 0.25) is 0 Å². The van der Waals surface area contributed by atoms with Gasteiger partial charge in [-0.2, -0.15) is 13.2 Å². The maximum atomic E-state index is 12.8. The molecule has 1 aliphatic heterocycles. The zero-order valence-corrected chi connectivity index (χ0v) is 11.8. The normalized spacial score (nSPS) is 21.0. The molecule has 1 fully saturated rings. The summed E-state index contributed by atoms with van der Waals surface area (Å²) in [5.41, 5.74) is -2.26. The first-order chi connectivity index (χ1) is 9.61. The van der Waals surface area contributed by atoms with Crippen LogP contribution in [0.25, 0.3) is 0 Å². The van der Waals surface area contributed by atoms with E-state index in [0.29, 0.717) is 0 Å². The Labute approximate surface area is 120 Å². The maximum absolute atomic E-state index is 12.8. The van der Waals surface area contributed by atoms with Gasteiger partial charge in [-0.25, -0.2) is 13.4 Å². The largest absolute Gasteiger partial charge is 0.419 e. The Morgan fingerprint density at radius 2 is 1.95 bits per heavy atom. The van der Waals surface area contributed by atoms with Crippen LogP contribution in [0.15, 0.2) is 18.3 Å². The molecular weight excluding hydrogens is 309 g/mol. The molecule has 118 valence electrons. The predicted octanol–water partition coefficient (Wildman–Crippen LogP) is 1.45. The third-order valence-corrected chi connectivity index (χ3v) is 5.11. The van der Waals surface area contributed by atoms with Crippen molar-refractivity contribution in [3.63, 3.8) is 0 Å². The molecule has 5 nitrogen and oxygen atoms in total. The van der Waals surface area contributed by atoms with E-state index in [9.17, 15) is 26.7 Å². The van der Waals surface area contributed by atoms with Gasteiger partial charge in [-0.3, -0.25) is 0 Å². The molecule has 1 saturated heterocycles. The van der Waals surface area contributed by atoms with Crippen LogP contribution in [-0.4, -0.2) is 42.2 Å². The number of halogens is 3. The zero-order chi connectivity index (χ0) is 15.7. The summed E-state index contributed by atoms with van der Waals surface area (Å²) in [4.78, 5) is 3.63. The van der Waals surface area contributed by atoms with Crippen LogP contribution in [0.2, 0.25) is 0 Å². The number of aliphatic hydroxyl groups is 1. The minimum Gasteiger partial charge on any atom is -0.388 e. The molecule has 2 N–H and O–H groups in total. The molecule has 0 unspecified atom stereocenters. The Morgan fingerprint density at radius 3 is 2.52 bits per heavy atom. The second-order valence-electron chi connectivity index (χ2n) is 5.13. The third-order valence-electron chi connectivity index (χ3n) is 3.45. The van der Waals surface area contributed by atoms with Crippen LogP contribution in [0, 0.1) is 0 Å². The van der Waals surface area contributed by atoms with Gasteiger partial charge in [-0.15, -0.1) is 0 Å². The van der Waals surface area contributed by atoms with Gasteiger partial charge in [-0.1, -0.05) is 0 Å². The summed E-state index contributed by atoms with van der Waals surface area (Å²) < 4.78 is 61.0. The highest BCUT2D eigenvalue weighted by Gasteiger charge is 2.37. The summed E-state index contributed by atoms with van der Waals surface area (Å²) in [7, 11) is -3.15. The van der Waals surface area contributed by atoms with Gasteiger partial charge >= 0.3 is 6.18 Å². The zero-order valence-electron chi connectivity index (χ0n) is 11.0. The van der Waals surface area contributed by atoms with Crippen LogP contribution in [0.3, 0.4) is 0 Å². The number of rotatable bonds is 3. The van der Waals surface area contributed by atoms with Gasteiger partial charge in [0.1, 0.15) is 5.82 Å². The first-order valence-corrected chi connectivity index (χ1v) is 8.12. The van der Waals surface area contributed by atoms with E-state index in [2.05, 4.69) is 10.3 Å². The molecular formula is C12H15F3N2O3S. The molecule has 0 saturated carbocycles. The first kappa shape index (κ1) is 16.0. The molecule has 2 rings (SSSR count). The quantitative estimate of drug-likeness (QED) is 0.880. The second kappa shape index (κ2) is 5.45. The van der Waals surface area contributed by atoms with E-state index in [-0.39, 0.29) is 36.7 Å². The van der Waals surface area contributed by atoms with Crippen LogP contribution < -0.4 is 5.32 Å². The highest BCUT2D eigenvalue weighted by atomic mass is 32.2.